The molecule has 0 radical (unpaired) electrons. The van der Waals surface area contributed by atoms with Crippen LogP contribution in [-0.2, 0) is 6.54 Å². The first kappa shape index (κ1) is 14.8. The van der Waals surface area contributed by atoms with Gasteiger partial charge in [-0.05, 0) is 29.8 Å². The summed E-state index contributed by atoms with van der Waals surface area (Å²) < 4.78 is 0. The predicted octanol–water partition coefficient (Wildman–Crippen LogP) is 2.32. The number of nitrogens with zero attached hydrogens (tertiary/aromatic N) is 1. The van der Waals surface area contributed by atoms with Gasteiger partial charge in [-0.1, -0.05) is 30.3 Å². The lowest BCUT2D eigenvalue weighted by Crippen LogP contribution is -2.26. The molecule has 21 heavy (non-hydrogen) atoms. The molecule has 2 rings (SSSR count). The van der Waals surface area contributed by atoms with Crippen molar-refractivity contribution in [3.8, 4) is 0 Å². The first-order valence-electron chi connectivity index (χ1n) is 6.73. The Hall–Kier alpha value is -2.62. The summed E-state index contributed by atoms with van der Waals surface area (Å²) >= 11 is 0. The van der Waals surface area contributed by atoms with Crippen molar-refractivity contribution in [2.45, 2.75) is 6.54 Å². The second-order valence-electron chi connectivity index (χ2n) is 4.81. The molecule has 108 valence electrons. The molecule has 2 amide bonds. The molecule has 2 aromatic rings. The standard InChI is InChI=1S/C17H18N2O2/c1-18-16(20)15-10-6-7-13(11-15)12-19(2)17(21)14-8-4-3-5-9-14/h3-11H,12H2,1-2H3,(H,18,20). The van der Waals surface area contributed by atoms with E-state index in [2.05, 4.69) is 5.32 Å². The molecule has 0 aliphatic carbocycles. The van der Waals surface area contributed by atoms with E-state index in [9.17, 15) is 9.59 Å². The van der Waals surface area contributed by atoms with Gasteiger partial charge in [0, 0.05) is 31.8 Å². The zero-order valence-electron chi connectivity index (χ0n) is 12.2. The average molecular weight is 282 g/mol. The lowest BCUT2D eigenvalue weighted by Gasteiger charge is -2.17. The number of amides is 2. The molecule has 0 aromatic heterocycles. The molecule has 4 heteroatoms. The van der Waals surface area contributed by atoms with Gasteiger partial charge in [0.1, 0.15) is 0 Å². The van der Waals surface area contributed by atoms with Crippen molar-refractivity contribution >= 4 is 11.8 Å². The highest BCUT2D eigenvalue weighted by Crippen LogP contribution is 2.10. The third-order valence-electron chi connectivity index (χ3n) is 3.20. The van der Waals surface area contributed by atoms with Crippen LogP contribution in [0.5, 0.6) is 0 Å². The van der Waals surface area contributed by atoms with Crippen LogP contribution in [0.4, 0.5) is 0 Å². The van der Waals surface area contributed by atoms with Gasteiger partial charge in [-0.25, -0.2) is 0 Å². The summed E-state index contributed by atoms with van der Waals surface area (Å²) in [4.78, 5) is 25.5. The van der Waals surface area contributed by atoms with Gasteiger partial charge in [0.25, 0.3) is 11.8 Å². The van der Waals surface area contributed by atoms with Crippen molar-refractivity contribution in [1.29, 1.82) is 0 Å². The van der Waals surface area contributed by atoms with E-state index in [1.165, 1.54) is 0 Å². The highest BCUT2D eigenvalue weighted by molar-refractivity contribution is 5.95. The Bertz CT molecular complexity index is 638. The van der Waals surface area contributed by atoms with Crippen LogP contribution in [-0.4, -0.2) is 30.8 Å². The highest BCUT2D eigenvalue weighted by atomic mass is 16.2. The maximum Gasteiger partial charge on any atom is 0.253 e. The molecule has 0 heterocycles. The number of hydrogen-bond donors (Lipinski definition) is 1. The molecule has 4 nitrogen and oxygen atoms in total. The monoisotopic (exact) mass is 282 g/mol. The average Bonchev–Trinajstić information content (AvgIpc) is 2.54. The molecule has 0 atom stereocenters. The van der Waals surface area contributed by atoms with Crippen LogP contribution in [0.2, 0.25) is 0 Å². The van der Waals surface area contributed by atoms with Crippen molar-refractivity contribution < 1.29 is 9.59 Å². The van der Waals surface area contributed by atoms with Gasteiger partial charge in [0.2, 0.25) is 0 Å². The Balaban J connectivity index is 2.11. The second kappa shape index (κ2) is 6.70. The number of hydrogen-bond acceptors (Lipinski definition) is 2. The van der Waals surface area contributed by atoms with Crippen LogP contribution in [0, 0.1) is 0 Å². The van der Waals surface area contributed by atoms with E-state index in [1.807, 2.05) is 30.3 Å². The van der Waals surface area contributed by atoms with Crippen molar-refractivity contribution in [3.05, 3.63) is 71.3 Å². The quantitative estimate of drug-likeness (QED) is 0.935. The Morgan fingerprint density at radius 2 is 1.67 bits per heavy atom. The van der Waals surface area contributed by atoms with Gasteiger partial charge >= 0.3 is 0 Å². The number of nitrogens with one attached hydrogen (secondary N) is 1. The van der Waals surface area contributed by atoms with Crippen molar-refractivity contribution in [2.75, 3.05) is 14.1 Å². The Labute approximate surface area is 124 Å². The minimum Gasteiger partial charge on any atom is -0.355 e. The summed E-state index contributed by atoms with van der Waals surface area (Å²) in [6.45, 7) is 0.457. The fraction of sp³-hybridized carbons (Fsp3) is 0.176. The zero-order valence-corrected chi connectivity index (χ0v) is 12.2. The summed E-state index contributed by atoms with van der Waals surface area (Å²) in [7, 11) is 3.35. The van der Waals surface area contributed by atoms with Crippen LogP contribution in [0.1, 0.15) is 26.3 Å². The summed E-state index contributed by atoms with van der Waals surface area (Å²) in [5, 5.41) is 2.59. The molecular formula is C17H18N2O2. The van der Waals surface area contributed by atoms with Gasteiger partial charge in [0.15, 0.2) is 0 Å². The molecule has 0 saturated carbocycles. The third-order valence-corrected chi connectivity index (χ3v) is 3.20. The lowest BCUT2D eigenvalue weighted by molar-refractivity contribution is 0.0785. The molecule has 0 aliphatic heterocycles. The SMILES string of the molecule is CNC(=O)c1cccc(CN(C)C(=O)c2ccccc2)c1. The predicted molar refractivity (Wildman–Crippen MR) is 82.1 cm³/mol. The van der Waals surface area contributed by atoms with E-state index in [0.29, 0.717) is 17.7 Å². The van der Waals surface area contributed by atoms with Gasteiger partial charge in [0.05, 0.1) is 0 Å². The number of benzene rings is 2. The van der Waals surface area contributed by atoms with Gasteiger partial charge < -0.3 is 10.2 Å². The van der Waals surface area contributed by atoms with Crippen LogP contribution >= 0.6 is 0 Å². The fourth-order valence-electron chi connectivity index (χ4n) is 2.10. The number of rotatable bonds is 4. The Morgan fingerprint density at radius 1 is 1.00 bits per heavy atom. The Morgan fingerprint density at radius 3 is 2.33 bits per heavy atom. The van der Waals surface area contributed by atoms with Gasteiger partial charge in [-0.15, -0.1) is 0 Å². The molecular weight excluding hydrogens is 264 g/mol. The molecule has 0 unspecified atom stereocenters. The summed E-state index contributed by atoms with van der Waals surface area (Å²) in [5.41, 5.74) is 2.17. The van der Waals surface area contributed by atoms with E-state index in [4.69, 9.17) is 0 Å². The largest absolute Gasteiger partial charge is 0.355 e. The van der Waals surface area contributed by atoms with Crippen LogP contribution < -0.4 is 5.32 Å². The summed E-state index contributed by atoms with van der Waals surface area (Å²) in [6, 6.07) is 16.4. The van der Waals surface area contributed by atoms with Crippen molar-refractivity contribution in [1.82, 2.24) is 10.2 Å². The summed E-state index contributed by atoms with van der Waals surface area (Å²) in [6.07, 6.45) is 0. The van der Waals surface area contributed by atoms with Crippen molar-refractivity contribution in [2.24, 2.45) is 0 Å². The molecule has 0 saturated heterocycles. The second-order valence-corrected chi connectivity index (χ2v) is 4.81. The first-order valence-corrected chi connectivity index (χ1v) is 6.73. The molecule has 0 spiro atoms. The minimum absolute atomic E-state index is 0.0408. The van der Waals surface area contributed by atoms with E-state index in [1.54, 1.807) is 43.3 Å². The van der Waals surface area contributed by atoms with Crippen molar-refractivity contribution in [3.63, 3.8) is 0 Å². The van der Waals surface area contributed by atoms with Crippen LogP contribution in [0.25, 0.3) is 0 Å². The molecule has 0 bridgehead atoms. The smallest absolute Gasteiger partial charge is 0.253 e. The normalized spacial score (nSPS) is 10.0. The Kier molecular flexibility index (Phi) is 4.72. The van der Waals surface area contributed by atoms with E-state index < -0.39 is 0 Å². The first-order chi connectivity index (χ1) is 10.1. The van der Waals surface area contributed by atoms with E-state index in [-0.39, 0.29) is 11.8 Å². The molecule has 2 aromatic carbocycles. The number of carbonyl (C=O) groups is 2. The van der Waals surface area contributed by atoms with E-state index >= 15 is 0 Å². The molecule has 1 N–H and O–H groups in total. The van der Waals surface area contributed by atoms with Crippen LogP contribution in [0.15, 0.2) is 54.6 Å². The molecule has 0 fully saturated rings. The zero-order chi connectivity index (χ0) is 15.2. The molecule has 0 aliphatic rings. The topological polar surface area (TPSA) is 49.4 Å². The third kappa shape index (κ3) is 3.69. The van der Waals surface area contributed by atoms with Crippen LogP contribution in [0.3, 0.4) is 0 Å². The fourth-order valence-corrected chi connectivity index (χ4v) is 2.10. The minimum atomic E-state index is -0.131. The van der Waals surface area contributed by atoms with Gasteiger partial charge in [-0.3, -0.25) is 9.59 Å². The van der Waals surface area contributed by atoms with E-state index in [0.717, 1.165) is 5.56 Å². The highest BCUT2D eigenvalue weighted by Gasteiger charge is 2.12. The van der Waals surface area contributed by atoms with Gasteiger partial charge in [-0.2, -0.15) is 0 Å². The number of carbonyl (C=O) groups excluding carboxylic acids is 2. The maximum absolute atomic E-state index is 12.3. The lowest BCUT2D eigenvalue weighted by atomic mass is 10.1. The summed E-state index contributed by atoms with van der Waals surface area (Å²) in [5.74, 6) is -0.171. The maximum atomic E-state index is 12.3.